The molecule has 0 saturated carbocycles. The molecule has 0 spiro atoms. The molecule has 1 saturated heterocycles. The zero-order valence-corrected chi connectivity index (χ0v) is 14.8. The van der Waals surface area contributed by atoms with Crippen molar-refractivity contribution < 1.29 is 0 Å². The van der Waals surface area contributed by atoms with E-state index in [2.05, 4.69) is 43.1 Å². The van der Waals surface area contributed by atoms with Crippen LogP contribution in [0.25, 0.3) is 0 Å². The Kier molecular flexibility index (Phi) is 6.45. The Labute approximate surface area is 133 Å². The average molecular weight is 311 g/mol. The molecular formula is C16H30N4S. The molecule has 0 amide bonds. The summed E-state index contributed by atoms with van der Waals surface area (Å²) in [6, 6.07) is 0.734. The monoisotopic (exact) mass is 310 g/mol. The molecule has 4 nitrogen and oxygen atoms in total. The number of piperidine rings is 1. The number of aromatic nitrogens is 1. The number of rotatable bonds is 7. The Balaban J connectivity index is 1.97. The van der Waals surface area contributed by atoms with Crippen LogP contribution in [-0.4, -0.2) is 49.7 Å². The highest BCUT2D eigenvalue weighted by Gasteiger charge is 2.23. The van der Waals surface area contributed by atoms with Gasteiger partial charge in [-0.3, -0.25) is 0 Å². The molecule has 5 heteroatoms. The van der Waals surface area contributed by atoms with E-state index in [4.69, 9.17) is 4.98 Å². The molecular weight excluding hydrogens is 280 g/mol. The first-order valence-electron chi connectivity index (χ1n) is 8.26. The second-order valence-corrected chi connectivity index (χ2v) is 7.14. The maximum atomic E-state index is 4.89. The molecule has 0 aliphatic carbocycles. The quantitative estimate of drug-likeness (QED) is 0.785. The number of hydrogen-bond acceptors (Lipinski definition) is 5. The fraction of sp³-hybridized carbons (Fsp3) is 0.812. The van der Waals surface area contributed by atoms with E-state index >= 15 is 0 Å². The lowest BCUT2D eigenvalue weighted by atomic mass is 10.0. The van der Waals surface area contributed by atoms with E-state index in [1.165, 1.54) is 35.0 Å². The van der Waals surface area contributed by atoms with Gasteiger partial charge in [0.05, 0.1) is 5.69 Å². The van der Waals surface area contributed by atoms with E-state index in [-0.39, 0.29) is 0 Å². The van der Waals surface area contributed by atoms with Gasteiger partial charge in [-0.25, -0.2) is 4.98 Å². The molecule has 0 unspecified atom stereocenters. The Hall–Kier alpha value is -0.650. The van der Waals surface area contributed by atoms with Crippen LogP contribution in [0.5, 0.6) is 0 Å². The van der Waals surface area contributed by atoms with Gasteiger partial charge in [0.25, 0.3) is 0 Å². The van der Waals surface area contributed by atoms with Gasteiger partial charge in [-0.1, -0.05) is 13.8 Å². The van der Waals surface area contributed by atoms with Gasteiger partial charge in [-0.2, -0.15) is 0 Å². The van der Waals surface area contributed by atoms with Crippen molar-refractivity contribution in [3.05, 3.63) is 10.6 Å². The van der Waals surface area contributed by atoms with E-state index in [9.17, 15) is 0 Å². The van der Waals surface area contributed by atoms with Gasteiger partial charge in [0.1, 0.15) is 0 Å². The Morgan fingerprint density at radius 2 is 2.00 bits per heavy atom. The molecule has 21 heavy (non-hydrogen) atoms. The summed E-state index contributed by atoms with van der Waals surface area (Å²) in [5, 5.41) is 4.74. The third-order valence-corrected chi connectivity index (χ3v) is 5.44. The number of nitrogens with one attached hydrogen (secondary N) is 1. The first kappa shape index (κ1) is 16.7. The van der Waals surface area contributed by atoms with Crippen molar-refractivity contribution >= 4 is 16.5 Å². The van der Waals surface area contributed by atoms with Crippen LogP contribution in [-0.2, 0) is 13.0 Å². The Bertz CT molecular complexity index is 422. The lowest BCUT2D eigenvalue weighted by Crippen LogP contribution is -2.41. The molecule has 1 N–H and O–H groups in total. The summed E-state index contributed by atoms with van der Waals surface area (Å²) in [5.74, 6) is 0. The van der Waals surface area contributed by atoms with Gasteiger partial charge in [-0.05, 0) is 46.3 Å². The summed E-state index contributed by atoms with van der Waals surface area (Å²) in [6.07, 6.45) is 4.72. The summed E-state index contributed by atoms with van der Waals surface area (Å²) in [4.78, 5) is 11.2. The van der Waals surface area contributed by atoms with Crippen molar-refractivity contribution in [2.24, 2.45) is 0 Å². The number of thiazole rings is 1. The molecule has 1 aromatic rings. The summed E-state index contributed by atoms with van der Waals surface area (Å²) in [6.45, 7) is 8.76. The normalized spacial score (nSPS) is 16.9. The summed E-state index contributed by atoms with van der Waals surface area (Å²) in [7, 11) is 4.38. The zero-order valence-electron chi connectivity index (χ0n) is 14.0. The molecule has 0 atom stereocenters. The van der Waals surface area contributed by atoms with Crippen molar-refractivity contribution in [3.8, 4) is 0 Å². The third-order valence-electron chi connectivity index (χ3n) is 4.28. The maximum absolute atomic E-state index is 4.89. The molecule has 2 heterocycles. The van der Waals surface area contributed by atoms with E-state index in [1.807, 2.05) is 11.3 Å². The number of hydrogen-bond donors (Lipinski definition) is 1. The molecule has 0 aromatic carbocycles. The topological polar surface area (TPSA) is 31.4 Å². The van der Waals surface area contributed by atoms with E-state index in [0.29, 0.717) is 0 Å². The van der Waals surface area contributed by atoms with E-state index in [0.717, 1.165) is 38.6 Å². The lowest BCUT2D eigenvalue weighted by Gasteiger charge is -2.35. The SMILES string of the molecule is CCCNCc1sc(N2CCC(N(C)C)CC2)nc1CC. The first-order valence-corrected chi connectivity index (χ1v) is 9.08. The first-order chi connectivity index (χ1) is 10.2. The molecule has 1 fully saturated rings. The zero-order chi connectivity index (χ0) is 15.2. The van der Waals surface area contributed by atoms with Gasteiger partial charge >= 0.3 is 0 Å². The van der Waals surface area contributed by atoms with Crippen molar-refractivity contribution in [2.75, 3.05) is 38.6 Å². The Morgan fingerprint density at radius 1 is 1.29 bits per heavy atom. The standard InChI is InChI=1S/C16H30N4S/c1-5-9-17-12-15-14(6-2)18-16(21-15)20-10-7-13(8-11-20)19(3)4/h13,17H,5-12H2,1-4H3. The van der Waals surface area contributed by atoms with Crippen LogP contribution >= 0.6 is 11.3 Å². The fourth-order valence-corrected chi connectivity index (χ4v) is 4.04. The van der Waals surface area contributed by atoms with Crippen LogP contribution in [0, 0.1) is 0 Å². The molecule has 0 bridgehead atoms. The van der Waals surface area contributed by atoms with Crippen molar-refractivity contribution in [1.29, 1.82) is 0 Å². The number of anilines is 1. The lowest BCUT2D eigenvalue weighted by molar-refractivity contribution is 0.249. The minimum absolute atomic E-state index is 0.734. The van der Waals surface area contributed by atoms with Crippen LogP contribution in [0.3, 0.4) is 0 Å². The van der Waals surface area contributed by atoms with Crippen molar-refractivity contribution in [1.82, 2.24) is 15.2 Å². The van der Waals surface area contributed by atoms with Gasteiger partial charge in [0.15, 0.2) is 5.13 Å². The van der Waals surface area contributed by atoms with E-state index in [1.54, 1.807) is 0 Å². The van der Waals surface area contributed by atoms with Crippen LogP contribution < -0.4 is 10.2 Å². The van der Waals surface area contributed by atoms with Crippen molar-refractivity contribution in [3.63, 3.8) is 0 Å². The van der Waals surface area contributed by atoms with Crippen LogP contribution in [0.4, 0.5) is 5.13 Å². The highest BCUT2D eigenvalue weighted by Crippen LogP contribution is 2.29. The second kappa shape index (κ2) is 8.11. The minimum atomic E-state index is 0.734. The van der Waals surface area contributed by atoms with Gasteiger partial charge < -0.3 is 15.1 Å². The van der Waals surface area contributed by atoms with Crippen LogP contribution in [0.1, 0.15) is 43.7 Å². The fourth-order valence-electron chi connectivity index (χ4n) is 2.87. The van der Waals surface area contributed by atoms with Crippen molar-refractivity contribution in [2.45, 2.75) is 52.1 Å². The molecule has 1 aromatic heterocycles. The maximum Gasteiger partial charge on any atom is 0.185 e. The van der Waals surface area contributed by atoms with Crippen LogP contribution in [0.2, 0.25) is 0 Å². The summed E-state index contributed by atoms with van der Waals surface area (Å²) < 4.78 is 0. The van der Waals surface area contributed by atoms with Gasteiger partial charge in [-0.15, -0.1) is 11.3 Å². The predicted octanol–water partition coefficient (Wildman–Crippen LogP) is 2.74. The highest BCUT2D eigenvalue weighted by molar-refractivity contribution is 7.15. The predicted molar refractivity (Wildman–Crippen MR) is 92.4 cm³/mol. The highest BCUT2D eigenvalue weighted by atomic mass is 32.1. The number of aryl methyl sites for hydroxylation is 1. The largest absolute Gasteiger partial charge is 0.348 e. The average Bonchev–Trinajstić information content (AvgIpc) is 2.91. The molecule has 120 valence electrons. The molecule has 0 radical (unpaired) electrons. The van der Waals surface area contributed by atoms with Gasteiger partial charge in [0.2, 0.25) is 0 Å². The van der Waals surface area contributed by atoms with Gasteiger partial charge in [0, 0.05) is 30.6 Å². The summed E-state index contributed by atoms with van der Waals surface area (Å²) in [5.41, 5.74) is 1.29. The third kappa shape index (κ3) is 4.41. The molecule has 1 aliphatic rings. The Morgan fingerprint density at radius 3 is 2.57 bits per heavy atom. The van der Waals surface area contributed by atoms with E-state index < -0.39 is 0 Å². The summed E-state index contributed by atoms with van der Waals surface area (Å²) >= 11 is 1.89. The minimum Gasteiger partial charge on any atom is -0.348 e. The van der Waals surface area contributed by atoms with Crippen LogP contribution in [0.15, 0.2) is 0 Å². The number of nitrogens with zero attached hydrogens (tertiary/aromatic N) is 3. The second-order valence-electron chi connectivity index (χ2n) is 6.08. The molecule has 2 rings (SSSR count). The smallest absolute Gasteiger partial charge is 0.185 e. The molecule has 1 aliphatic heterocycles.